The van der Waals surface area contributed by atoms with Crippen molar-refractivity contribution in [3.05, 3.63) is 58.0 Å². The van der Waals surface area contributed by atoms with E-state index in [1.807, 2.05) is 24.3 Å². The van der Waals surface area contributed by atoms with Crippen molar-refractivity contribution in [2.24, 2.45) is 0 Å². The van der Waals surface area contributed by atoms with Crippen molar-refractivity contribution in [3.63, 3.8) is 0 Å². The summed E-state index contributed by atoms with van der Waals surface area (Å²) in [5, 5.41) is 10.3. The Bertz CT molecular complexity index is 961. The predicted molar refractivity (Wildman–Crippen MR) is 108 cm³/mol. The number of ether oxygens (including phenoxy) is 2. The Labute approximate surface area is 170 Å². The first kappa shape index (κ1) is 19.3. The van der Waals surface area contributed by atoms with Crippen molar-refractivity contribution >= 4 is 39.3 Å². The van der Waals surface area contributed by atoms with Gasteiger partial charge in [0.1, 0.15) is 11.5 Å². The molecule has 27 heavy (non-hydrogen) atoms. The van der Waals surface area contributed by atoms with E-state index in [0.29, 0.717) is 26.8 Å². The fraction of sp³-hybridized carbons (Fsp3) is 0.158. The topological polar surface area (TPSA) is 76.2 Å². The van der Waals surface area contributed by atoms with Crippen LogP contribution in [0.15, 0.2) is 53.0 Å². The molecule has 0 bridgehead atoms. The second-order valence-electron chi connectivity index (χ2n) is 5.69. The number of rotatable bonds is 6. The van der Waals surface area contributed by atoms with Crippen LogP contribution >= 0.6 is 27.5 Å². The largest absolute Gasteiger partial charge is 0.496 e. The van der Waals surface area contributed by atoms with E-state index in [4.69, 9.17) is 21.1 Å². The molecule has 0 radical (unpaired) electrons. The van der Waals surface area contributed by atoms with Crippen molar-refractivity contribution in [1.29, 1.82) is 0 Å². The zero-order valence-corrected chi connectivity index (χ0v) is 17.0. The van der Waals surface area contributed by atoms with E-state index in [0.717, 1.165) is 11.3 Å². The molecule has 0 saturated heterocycles. The highest BCUT2D eigenvalue weighted by Gasteiger charge is 2.18. The predicted octanol–water partition coefficient (Wildman–Crippen LogP) is 4.91. The minimum atomic E-state index is -0.728. The lowest BCUT2D eigenvalue weighted by atomic mass is 10.1. The van der Waals surface area contributed by atoms with Gasteiger partial charge in [0, 0.05) is 16.7 Å². The van der Waals surface area contributed by atoms with Gasteiger partial charge in [-0.1, -0.05) is 23.7 Å². The lowest BCUT2D eigenvalue weighted by Gasteiger charge is -2.15. The molecular formula is C19H17BrClN3O3. The zero-order chi connectivity index (χ0) is 19.4. The van der Waals surface area contributed by atoms with Crippen LogP contribution in [0.4, 0.5) is 5.82 Å². The number of aromatic amines is 1. The van der Waals surface area contributed by atoms with Gasteiger partial charge in [-0.2, -0.15) is 5.10 Å². The number of carbonyl (C=O) groups excluding carboxylic acids is 1. The van der Waals surface area contributed by atoms with Crippen LogP contribution in [0.1, 0.15) is 6.92 Å². The zero-order valence-electron chi connectivity index (χ0n) is 14.6. The average molecular weight is 451 g/mol. The fourth-order valence-corrected chi connectivity index (χ4v) is 3.21. The summed E-state index contributed by atoms with van der Waals surface area (Å²) < 4.78 is 11.7. The van der Waals surface area contributed by atoms with Crippen molar-refractivity contribution in [3.8, 4) is 22.8 Å². The highest BCUT2D eigenvalue weighted by atomic mass is 79.9. The normalized spacial score (nSPS) is 11.7. The van der Waals surface area contributed by atoms with Crippen molar-refractivity contribution in [1.82, 2.24) is 10.2 Å². The number of anilines is 1. The van der Waals surface area contributed by atoms with Gasteiger partial charge >= 0.3 is 0 Å². The molecule has 6 nitrogen and oxygen atoms in total. The minimum Gasteiger partial charge on any atom is -0.496 e. The molecule has 1 atom stereocenters. The highest BCUT2D eigenvalue weighted by molar-refractivity contribution is 9.10. The first-order valence-electron chi connectivity index (χ1n) is 8.09. The van der Waals surface area contributed by atoms with E-state index in [9.17, 15) is 4.79 Å². The quantitative estimate of drug-likeness (QED) is 0.559. The average Bonchev–Trinajstić information content (AvgIpc) is 3.12. The fourth-order valence-electron chi connectivity index (χ4n) is 2.43. The van der Waals surface area contributed by atoms with Crippen molar-refractivity contribution < 1.29 is 14.3 Å². The van der Waals surface area contributed by atoms with Gasteiger partial charge in [0.2, 0.25) is 0 Å². The van der Waals surface area contributed by atoms with E-state index in [1.54, 1.807) is 38.3 Å². The highest BCUT2D eigenvalue weighted by Crippen LogP contribution is 2.30. The van der Waals surface area contributed by atoms with Crippen LogP contribution in [0.5, 0.6) is 11.5 Å². The molecule has 140 valence electrons. The van der Waals surface area contributed by atoms with Crippen molar-refractivity contribution in [2.75, 3.05) is 12.4 Å². The number of halogens is 2. The van der Waals surface area contributed by atoms with Gasteiger partial charge in [-0.3, -0.25) is 9.89 Å². The summed E-state index contributed by atoms with van der Waals surface area (Å²) in [5.74, 6) is 1.31. The van der Waals surface area contributed by atoms with E-state index < -0.39 is 6.10 Å². The molecule has 0 aliphatic carbocycles. The minimum absolute atomic E-state index is 0.324. The maximum absolute atomic E-state index is 12.4. The van der Waals surface area contributed by atoms with Gasteiger partial charge in [-0.25, -0.2) is 0 Å². The van der Waals surface area contributed by atoms with E-state index >= 15 is 0 Å². The monoisotopic (exact) mass is 449 g/mol. The molecule has 3 rings (SSSR count). The standard InChI is InChI=1S/C19H17BrClN3O3/c1-11(27-17-8-7-12(21)9-14(17)20)19(25)22-18-10-15(23-24-18)13-5-3-4-6-16(13)26-2/h3-11H,1-2H3,(H2,22,23,24,25). The van der Waals surface area contributed by atoms with Gasteiger partial charge in [0.05, 0.1) is 17.3 Å². The van der Waals surface area contributed by atoms with Gasteiger partial charge in [-0.15, -0.1) is 0 Å². The van der Waals surface area contributed by atoms with E-state index in [2.05, 4.69) is 31.4 Å². The number of benzene rings is 2. The molecule has 8 heteroatoms. The summed E-state index contributed by atoms with van der Waals surface area (Å²) in [7, 11) is 1.60. The Kier molecular flexibility index (Phi) is 6.03. The first-order chi connectivity index (χ1) is 13.0. The van der Waals surface area contributed by atoms with Gasteiger partial charge < -0.3 is 14.8 Å². The molecular weight excluding hydrogens is 434 g/mol. The van der Waals surface area contributed by atoms with Gasteiger partial charge in [-0.05, 0) is 53.2 Å². The van der Waals surface area contributed by atoms with E-state index in [1.165, 1.54) is 0 Å². The number of para-hydroxylation sites is 1. The number of hydrogen-bond donors (Lipinski definition) is 2. The second kappa shape index (κ2) is 8.45. The molecule has 0 saturated carbocycles. The number of H-pyrrole nitrogens is 1. The molecule has 2 N–H and O–H groups in total. The van der Waals surface area contributed by atoms with Crippen LogP contribution < -0.4 is 14.8 Å². The SMILES string of the molecule is COc1ccccc1-c1cc(NC(=O)C(C)Oc2ccc(Cl)cc2Br)n[nH]1. The Morgan fingerprint density at radius 3 is 2.74 bits per heavy atom. The summed E-state index contributed by atoms with van der Waals surface area (Å²) in [4.78, 5) is 12.4. The summed E-state index contributed by atoms with van der Waals surface area (Å²) in [6, 6.07) is 14.4. The number of hydrogen-bond acceptors (Lipinski definition) is 4. The van der Waals surface area contributed by atoms with Crippen LogP contribution in [0.2, 0.25) is 5.02 Å². The third-order valence-electron chi connectivity index (χ3n) is 3.79. The molecule has 0 aliphatic heterocycles. The van der Waals surface area contributed by atoms with Crippen LogP contribution in [-0.2, 0) is 4.79 Å². The Morgan fingerprint density at radius 2 is 2.00 bits per heavy atom. The third-order valence-corrected chi connectivity index (χ3v) is 4.65. The smallest absolute Gasteiger partial charge is 0.266 e. The molecule has 1 aromatic heterocycles. The number of amides is 1. The first-order valence-corrected chi connectivity index (χ1v) is 9.26. The Hall–Kier alpha value is -2.51. The second-order valence-corrected chi connectivity index (χ2v) is 6.98. The number of nitrogens with zero attached hydrogens (tertiary/aromatic N) is 1. The number of carbonyl (C=O) groups is 1. The van der Waals surface area contributed by atoms with Crippen LogP contribution in [-0.4, -0.2) is 29.3 Å². The summed E-state index contributed by atoms with van der Waals surface area (Å²) in [5.41, 5.74) is 1.58. The van der Waals surface area contributed by atoms with Gasteiger partial charge in [0.15, 0.2) is 11.9 Å². The number of methoxy groups -OCH3 is 1. The van der Waals surface area contributed by atoms with Crippen LogP contribution in [0.3, 0.4) is 0 Å². The number of aromatic nitrogens is 2. The molecule has 0 spiro atoms. The molecule has 1 heterocycles. The molecule has 1 unspecified atom stereocenters. The third kappa shape index (κ3) is 4.61. The summed E-state index contributed by atoms with van der Waals surface area (Å²) in [6.45, 7) is 1.66. The lowest BCUT2D eigenvalue weighted by Crippen LogP contribution is -2.30. The molecule has 2 aromatic carbocycles. The maximum atomic E-state index is 12.4. The Balaban J connectivity index is 1.68. The Morgan fingerprint density at radius 1 is 1.22 bits per heavy atom. The van der Waals surface area contributed by atoms with Crippen molar-refractivity contribution in [2.45, 2.75) is 13.0 Å². The maximum Gasteiger partial charge on any atom is 0.266 e. The molecule has 3 aromatic rings. The van der Waals surface area contributed by atoms with Crippen LogP contribution in [0.25, 0.3) is 11.3 Å². The van der Waals surface area contributed by atoms with E-state index in [-0.39, 0.29) is 5.91 Å². The molecule has 0 fully saturated rings. The summed E-state index contributed by atoms with van der Waals surface area (Å²) >= 11 is 9.28. The summed E-state index contributed by atoms with van der Waals surface area (Å²) in [6.07, 6.45) is -0.728. The lowest BCUT2D eigenvalue weighted by molar-refractivity contribution is -0.122. The molecule has 1 amide bonds. The van der Waals surface area contributed by atoms with Crippen LogP contribution in [0, 0.1) is 0 Å². The van der Waals surface area contributed by atoms with Gasteiger partial charge in [0.25, 0.3) is 5.91 Å². The number of nitrogens with one attached hydrogen (secondary N) is 2. The molecule has 0 aliphatic rings.